The van der Waals surface area contributed by atoms with Crippen LogP contribution in [0.4, 0.5) is 0 Å². The zero-order valence-corrected chi connectivity index (χ0v) is 11.4. The van der Waals surface area contributed by atoms with Gasteiger partial charge in [-0.2, -0.15) is 0 Å². The summed E-state index contributed by atoms with van der Waals surface area (Å²) in [7, 11) is 0. The summed E-state index contributed by atoms with van der Waals surface area (Å²) in [6, 6.07) is 0.356. The first kappa shape index (κ1) is 13.8. The Bertz CT molecular complexity index is 261. The van der Waals surface area contributed by atoms with Crippen LogP contribution in [0.25, 0.3) is 0 Å². The van der Waals surface area contributed by atoms with Gasteiger partial charge in [0.15, 0.2) is 0 Å². The zero-order chi connectivity index (χ0) is 12.8. The summed E-state index contributed by atoms with van der Waals surface area (Å²) in [6.45, 7) is 9.18. The van der Waals surface area contributed by atoms with E-state index in [1.165, 1.54) is 0 Å². The highest BCUT2D eigenvalue weighted by Crippen LogP contribution is 2.06. The molecule has 5 nitrogen and oxygen atoms in total. The van der Waals surface area contributed by atoms with Gasteiger partial charge in [-0.3, -0.25) is 9.69 Å². The first-order valence-corrected chi connectivity index (χ1v) is 7.07. The largest absolute Gasteiger partial charge is 0.379 e. The van der Waals surface area contributed by atoms with Crippen LogP contribution in [0.5, 0.6) is 0 Å². The average Bonchev–Trinajstić information content (AvgIpc) is 2.91. The van der Waals surface area contributed by atoms with Gasteiger partial charge >= 0.3 is 0 Å². The maximum Gasteiger partial charge on any atom is 0.236 e. The van der Waals surface area contributed by atoms with Crippen LogP contribution in [0.1, 0.15) is 19.8 Å². The lowest BCUT2D eigenvalue weighted by atomic mass is 10.3. The van der Waals surface area contributed by atoms with Gasteiger partial charge < -0.3 is 15.0 Å². The van der Waals surface area contributed by atoms with E-state index in [2.05, 4.69) is 17.1 Å². The average molecular weight is 255 g/mol. The molecule has 0 aromatic rings. The number of nitrogens with one attached hydrogen (secondary N) is 1. The van der Waals surface area contributed by atoms with Crippen LogP contribution in [0, 0.1) is 0 Å². The van der Waals surface area contributed by atoms with E-state index < -0.39 is 0 Å². The van der Waals surface area contributed by atoms with Gasteiger partial charge in [0.2, 0.25) is 5.91 Å². The third kappa shape index (κ3) is 4.23. The highest BCUT2D eigenvalue weighted by atomic mass is 16.5. The van der Waals surface area contributed by atoms with E-state index in [1.807, 2.05) is 4.90 Å². The number of hydrogen-bond acceptors (Lipinski definition) is 4. The van der Waals surface area contributed by atoms with Crippen molar-refractivity contribution < 1.29 is 9.53 Å². The maximum absolute atomic E-state index is 11.9. The lowest BCUT2D eigenvalue weighted by Gasteiger charge is -2.29. The summed E-state index contributed by atoms with van der Waals surface area (Å²) >= 11 is 0. The molecule has 2 rings (SSSR count). The molecule has 0 spiro atoms. The van der Waals surface area contributed by atoms with Crippen LogP contribution in [0.3, 0.4) is 0 Å². The maximum atomic E-state index is 11.9. The summed E-state index contributed by atoms with van der Waals surface area (Å²) in [6.07, 6.45) is 2.32. The Morgan fingerprint density at radius 2 is 1.89 bits per heavy atom. The van der Waals surface area contributed by atoms with Crippen molar-refractivity contribution in [3.8, 4) is 0 Å². The molecule has 1 unspecified atom stereocenters. The predicted molar refractivity (Wildman–Crippen MR) is 70.5 cm³/mol. The van der Waals surface area contributed by atoms with Crippen LogP contribution < -0.4 is 5.32 Å². The van der Waals surface area contributed by atoms with Gasteiger partial charge in [-0.25, -0.2) is 0 Å². The van der Waals surface area contributed by atoms with Gasteiger partial charge in [0.25, 0.3) is 0 Å². The van der Waals surface area contributed by atoms with Crippen LogP contribution in [0.15, 0.2) is 0 Å². The third-order valence-corrected chi connectivity index (χ3v) is 3.70. The van der Waals surface area contributed by atoms with Gasteiger partial charge in [-0.15, -0.1) is 0 Å². The van der Waals surface area contributed by atoms with Crippen LogP contribution >= 0.6 is 0 Å². The molecule has 0 saturated carbocycles. The molecule has 1 N–H and O–H groups in total. The van der Waals surface area contributed by atoms with E-state index in [4.69, 9.17) is 4.74 Å². The standard InChI is InChI=1S/C13H25N3O2/c1-12(11-15-6-8-18-9-7-15)14-10-13(17)16-4-2-3-5-16/h12,14H,2-11H2,1H3. The molecule has 0 aromatic carbocycles. The molecule has 2 saturated heterocycles. The molecule has 1 atom stereocenters. The summed E-state index contributed by atoms with van der Waals surface area (Å²) in [5.41, 5.74) is 0. The fraction of sp³-hybridized carbons (Fsp3) is 0.923. The molecule has 2 fully saturated rings. The molecule has 2 aliphatic heterocycles. The number of nitrogens with zero attached hydrogens (tertiary/aromatic N) is 2. The van der Waals surface area contributed by atoms with E-state index in [9.17, 15) is 4.79 Å². The van der Waals surface area contributed by atoms with Crippen molar-refractivity contribution in [2.24, 2.45) is 0 Å². The number of amides is 1. The number of likely N-dealkylation sites (tertiary alicyclic amines) is 1. The van der Waals surface area contributed by atoms with Crippen LogP contribution in [-0.4, -0.2) is 74.2 Å². The molecule has 0 aliphatic carbocycles. The number of rotatable bonds is 5. The number of carbonyl (C=O) groups excluding carboxylic acids is 1. The number of carbonyl (C=O) groups is 1. The third-order valence-electron chi connectivity index (χ3n) is 3.70. The first-order chi connectivity index (χ1) is 8.75. The monoisotopic (exact) mass is 255 g/mol. The van der Waals surface area contributed by atoms with Gasteiger partial charge in [0, 0.05) is 38.8 Å². The Labute approximate surface area is 109 Å². The Balaban J connectivity index is 1.61. The molecule has 5 heteroatoms. The summed E-state index contributed by atoms with van der Waals surface area (Å²) in [5, 5.41) is 3.33. The van der Waals surface area contributed by atoms with Gasteiger partial charge in [-0.1, -0.05) is 0 Å². The van der Waals surface area contributed by atoms with Crippen molar-refractivity contribution in [2.75, 3.05) is 52.5 Å². The second-order valence-electron chi connectivity index (χ2n) is 5.28. The van der Waals surface area contributed by atoms with Crippen molar-refractivity contribution in [2.45, 2.75) is 25.8 Å². The molecular weight excluding hydrogens is 230 g/mol. The fourth-order valence-corrected chi connectivity index (χ4v) is 2.58. The Kier molecular flexibility index (Phi) is 5.41. The zero-order valence-electron chi connectivity index (χ0n) is 11.4. The number of hydrogen-bond donors (Lipinski definition) is 1. The van der Waals surface area contributed by atoms with Crippen molar-refractivity contribution >= 4 is 5.91 Å². The molecule has 18 heavy (non-hydrogen) atoms. The minimum Gasteiger partial charge on any atom is -0.379 e. The van der Waals surface area contributed by atoms with E-state index in [0.29, 0.717) is 12.6 Å². The molecule has 0 aromatic heterocycles. The van der Waals surface area contributed by atoms with Gasteiger partial charge in [-0.05, 0) is 19.8 Å². The van der Waals surface area contributed by atoms with E-state index in [0.717, 1.165) is 58.8 Å². The summed E-state index contributed by atoms with van der Waals surface area (Å²) in [5.74, 6) is 0.251. The predicted octanol–water partition coefficient (Wildman–Crippen LogP) is -0.0809. The smallest absolute Gasteiger partial charge is 0.236 e. The van der Waals surface area contributed by atoms with Crippen molar-refractivity contribution in [3.63, 3.8) is 0 Å². The van der Waals surface area contributed by atoms with E-state index >= 15 is 0 Å². The topological polar surface area (TPSA) is 44.8 Å². The van der Waals surface area contributed by atoms with E-state index in [-0.39, 0.29) is 5.91 Å². The lowest BCUT2D eigenvalue weighted by molar-refractivity contribution is -0.129. The number of morpholine rings is 1. The molecule has 0 bridgehead atoms. The second-order valence-corrected chi connectivity index (χ2v) is 5.28. The molecule has 2 aliphatic rings. The van der Waals surface area contributed by atoms with Crippen LogP contribution in [-0.2, 0) is 9.53 Å². The lowest BCUT2D eigenvalue weighted by Crippen LogP contribution is -2.47. The minimum absolute atomic E-state index is 0.251. The molecule has 2 heterocycles. The minimum atomic E-state index is 0.251. The highest BCUT2D eigenvalue weighted by molar-refractivity contribution is 5.78. The number of ether oxygens (including phenoxy) is 1. The summed E-state index contributed by atoms with van der Waals surface area (Å²) in [4.78, 5) is 16.2. The highest BCUT2D eigenvalue weighted by Gasteiger charge is 2.19. The Morgan fingerprint density at radius 1 is 1.22 bits per heavy atom. The van der Waals surface area contributed by atoms with Crippen LogP contribution in [0.2, 0.25) is 0 Å². The summed E-state index contributed by atoms with van der Waals surface area (Å²) < 4.78 is 5.32. The Morgan fingerprint density at radius 3 is 2.56 bits per heavy atom. The quantitative estimate of drug-likeness (QED) is 0.746. The Hall–Kier alpha value is -0.650. The molecular formula is C13H25N3O2. The van der Waals surface area contributed by atoms with E-state index in [1.54, 1.807) is 0 Å². The van der Waals surface area contributed by atoms with Crippen molar-refractivity contribution in [1.29, 1.82) is 0 Å². The second kappa shape index (κ2) is 7.07. The molecule has 0 radical (unpaired) electrons. The fourth-order valence-electron chi connectivity index (χ4n) is 2.58. The van der Waals surface area contributed by atoms with Gasteiger partial charge in [0.1, 0.15) is 0 Å². The van der Waals surface area contributed by atoms with Crippen molar-refractivity contribution in [1.82, 2.24) is 15.1 Å². The first-order valence-electron chi connectivity index (χ1n) is 7.07. The molecule has 104 valence electrons. The van der Waals surface area contributed by atoms with Crippen molar-refractivity contribution in [3.05, 3.63) is 0 Å². The van der Waals surface area contributed by atoms with Gasteiger partial charge in [0.05, 0.1) is 19.8 Å². The normalized spacial score (nSPS) is 23.3. The molecule has 1 amide bonds. The SMILES string of the molecule is CC(CN1CCOCC1)NCC(=O)N1CCCC1.